The first-order valence-corrected chi connectivity index (χ1v) is 3.34. The molecule has 0 aromatic carbocycles. The number of rotatable bonds is 3. The van der Waals surface area contributed by atoms with Crippen LogP contribution in [0.15, 0.2) is 6.20 Å². The molecule has 3 nitrogen and oxygen atoms in total. The minimum atomic E-state index is 1.02. The molecule has 0 bridgehead atoms. The van der Waals surface area contributed by atoms with Crippen LogP contribution in [-0.2, 0) is 6.42 Å². The summed E-state index contributed by atoms with van der Waals surface area (Å²) >= 11 is 0. The second kappa shape index (κ2) is 3.37. The number of aromatic amines is 1. The van der Waals surface area contributed by atoms with Crippen LogP contribution in [-0.4, -0.2) is 35.7 Å². The molecule has 0 atom stereocenters. The van der Waals surface area contributed by atoms with Gasteiger partial charge in [-0.25, -0.2) is 0 Å². The summed E-state index contributed by atoms with van der Waals surface area (Å²) in [6.07, 6.45) is 5.76. The molecule has 1 N–H and O–H groups in total. The maximum atomic E-state index is 3.73. The Morgan fingerprint density at radius 2 is 2.50 bits per heavy atom. The topological polar surface area (TPSA) is 31.9 Å². The summed E-state index contributed by atoms with van der Waals surface area (Å²) in [4.78, 5) is 2.14. The average molecular weight is 138 g/mol. The Bertz CT molecular complexity index is 167. The first-order chi connectivity index (χ1) is 4.79. The fourth-order valence-corrected chi connectivity index (χ4v) is 0.719. The first-order valence-electron chi connectivity index (χ1n) is 3.34. The van der Waals surface area contributed by atoms with Crippen molar-refractivity contribution in [3.05, 3.63) is 18.0 Å². The molecule has 1 radical (unpaired) electrons. The molecule has 0 aliphatic rings. The van der Waals surface area contributed by atoms with Gasteiger partial charge in [0, 0.05) is 18.3 Å². The van der Waals surface area contributed by atoms with Crippen LogP contribution >= 0.6 is 0 Å². The lowest BCUT2D eigenvalue weighted by atomic mass is 10.2. The second-order valence-electron chi connectivity index (χ2n) is 2.58. The first kappa shape index (κ1) is 7.28. The molecule has 1 heterocycles. The smallest absolute Gasteiger partial charge is 0.116 e. The van der Waals surface area contributed by atoms with Crippen molar-refractivity contribution < 1.29 is 0 Å². The molecule has 1 aromatic rings. The predicted octanol–water partition coefficient (Wildman–Crippen LogP) is 0.314. The molecule has 0 saturated heterocycles. The molecule has 10 heavy (non-hydrogen) atoms. The molecule has 0 aliphatic heterocycles. The van der Waals surface area contributed by atoms with Gasteiger partial charge in [0.05, 0.1) is 0 Å². The van der Waals surface area contributed by atoms with Gasteiger partial charge >= 0.3 is 0 Å². The van der Waals surface area contributed by atoms with E-state index in [1.807, 2.05) is 6.20 Å². The molecule has 0 aliphatic carbocycles. The van der Waals surface area contributed by atoms with Gasteiger partial charge in [0.1, 0.15) is 6.20 Å². The highest BCUT2D eigenvalue weighted by molar-refractivity contribution is 5.00. The summed E-state index contributed by atoms with van der Waals surface area (Å²) in [5.74, 6) is 0. The lowest BCUT2D eigenvalue weighted by Gasteiger charge is -2.06. The van der Waals surface area contributed by atoms with Crippen LogP contribution in [0.4, 0.5) is 0 Å². The summed E-state index contributed by atoms with van der Waals surface area (Å²) < 4.78 is 0. The van der Waals surface area contributed by atoms with E-state index in [0.717, 1.165) is 18.5 Å². The van der Waals surface area contributed by atoms with Gasteiger partial charge in [-0.15, -0.1) is 0 Å². The minimum Gasteiger partial charge on any atom is -0.309 e. The number of nitrogens with one attached hydrogen (secondary N) is 1. The third-order valence-electron chi connectivity index (χ3n) is 1.33. The van der Waals surface area contributed by atoms with Gasteiger partial charge in [0.15, 0.2) is 0 Å². The van der Waals surface area contributed by atoms with Crippen molar-refractivity contribution in [2.45, 2.75) is 6.42 Å². The Balaban J connectivity index is 2.28. The number of likely N-dealkylation sites (N-methyl/N-ethyl adjacent to an activating group) is 1. The van der Waals surface area contributed by atoms with E-state index in [1.54, 1.807) is 0 Å². The van der Waals surface area contributed by atoms with E-state index in [2.05, 4.69) is 35.4 Å². The molecule has 0 unspecified atom stereocenters. The van der Waals surface area contributed by atoms with Crippen LogP contribution in [0, 0.1) is 6.20 Å². The van der Waals surface area contributed by atoms with Gasteiger partial charge in [0.2, 0.25) is 0 Å². The SMILES string of the molecule is CN(C)CCc1[c]n[nH]c1. The van der Waals surface area contributed by atoms with Crippen molar-refractivity contribution >= 4 is 0 Å². The highest BCUT2D eigenvalue weighted by Crippen LogP contribution is 1.93. The van der Waals surface area contributed by atoms with E-state index in [-0.39, 0.29) is 0 Å². The van der Waals surface area contributed by atoms with Crippen molar-refractivity contribution in [1.82, 2.24) is 15.1 Å². The third kappa shape index (κ3) is 2.19. The van der Waals surface area contributed by atoms with E-state index in [1.165, 1.54) is 0 Å². The van der Waals surface area contributed by atoms with E-state index < -0.39 is 0 Å². The van der Waals surface area contributed by atoms with E-state index in [4.69, 9.17) is 0 Å². The normalized spacial score (nSPS) is 10.7. The number of H-pyrrole nitrogens is 1. The predicted molar refractivity (Wildman–Crippen MR) is 39.7 cm³/mol. The Hall–Kier alpha value is -0.830. The van der Waals surface area contributed by atoms with Crippen LogP contribution in [0.25, 0.3) is 0 Å². The van der Waals surface area contributed by atoms with E-state index in [0.29, 0.717) is 0 Å². The molecule has 1 rings (SSSR count). The van der Waals surface area contributed by atoms with Crippen molar-refractivity contribution in [1.29, 1.82) is 0 Å². The molecule has 0 amide bonds. The molecule has 55 valence electrons. The fourth-order valence-electron chi connectivity index (χ4n) is 0.719. The van der Waals surface area contributed by atoms with Gasteiger partial charge in [-0.05, 0) is 20.5 Å². The van der Waals surface area contributed by atoms with Crippen LogP contribution in [0.5, 0.6) is 0 Å². The van der Waals surface area contributed by atoms with Crippen molar-refractivity contribution in [2.24, 2.45) is 0 Å². The Kier molecular flexibility index (Phi) is 2.45. The largest absolute Gasteiger partial charge is 0.309 e. The van der Waals surface area contributed by atoms with Crippen LogP contribution in [0.1, 0.15) is 5.56 Å². The quantitative estimate of drug-likeness (QED) is 0.652. The highest BCUT2D eigenvalue weighted by atomic mass is 15.1. The molecule has 0 saturated carbocycles. The molecule has 0 spiro atoms. The second-order valence-corrected chi connectivity index (χ2v) is 2.58. The van der Waals surface area contributed by atoms with Gasteiger partial charge in [-0.2, -0.15) is 5.10 Å². The zero-order chi connectivity index (χ0) is 7.40. The maximum Gasteiger partial charge on any atom is 0.116 e. The summed E-state index contributed by atoms with van der Waals surface area (Å²) in [7, 11) is 4.11. The zero-order valence-corrected chi connectivity index (χ0v) is 6.39. The number of nitrogens with zero attached hydrogens (tertiary/aromatic N) is 2. The average Bonchev–Trinajstić information content (AvgIpc) is 2.34. The molecule has 1 aromatic heterocycles. The van der Waals surface area contributed by atoms with Gasteiger partial charge in [0.25, 0.3) is 0 Å². The lowest BCUT2D eigenvalue weighted by Crippen LogP contribution is -2.14. The monoisotopic (exact) mass is 138 g/mol. The molecule has 3 heteroatoms. The number of hydrogen-bond donors (Lipinski definition) is 1. The summed E-state index contributed by atoms with van der Waals surface area (Å²) in [5.41, 5.74) is 1.15. The standard InChI is InChI=1S/C7H12N3/c1-10(2)4-3-7-5-8-9-6-7/h5H,3-4H2,1-2H3,(H,8,9). The summed E-state index contributed by atoms with van der Waals surface area (Å²) in [6.45, 7) is 1.05. The van der Waals surface area contributed by atoms with Gasteiger partial charge in [-0.3, -0.25) is 5.10 Å². The highest BCUT2D eigenvalue weighted by Gasteiger charge is 1.94. The molecular weight excluding hydrogens is 126 g/mol. The van der Waals surface area contributed by atoms with Crippen LogP contribution < -0.4 is 0 Å². The molecule has 0 fully saturated rings. The summed E-state index contributed by atoms with van der Waals surface area (Å²) in [6, 6.07) is 0. The Morgan fingerprint density at radius 1 is 1.70 bits per heavy atom. The minimum absolute atomic E-state index is 1.02. The Labute approximate surface area is 61.0 Å². The van der Waals surface area contributed by atoms with Crippen molar-refractivity contribution in [2.75, 3.05) is 20.6 Å². The van der Waals surface area contributed by atoms with Crippen LogP contribution in [0.2, 0.25) is 0 Å². The summed E-state index contributed by atoms with van der Waals surface area (Å²) in [5, 5.41) is 6.46. The van der Waals surface area contributed by atoms with Crippen molar-refractivity contribution in [3.63, 3.8) is 0 Å². The van der Waals surface area contributed by atoms with Crippen molar-refractivity contribution in [3.8, 4) is 0 Å². The fraction of sp³-hybridized carbons (Fsp3) is 0.571. The van der Waals surface area contributed by atoms with E-state index in [9.17, 15) is 0 Å². The zero-order valence-electron chi connectivity index (χ0n) is 6.39. The number of aromatic nitrogens is 2. The lowest BCUT2D eigenvalue weighted by molar-refractivity contribution is 0.413. The molecular formula is C7H12N3. The van der Waals surface area contributed by atoms with Gasteiger partial charge in [-0.1, -0.05) is 0 Å². The number of hydrogen-bond acceptors (Lipinski definition) is 2. The maximum absolute atomic E-state index is 3.73. The Morgan fingerprint density at radius 3 is 3.00 bits per heavy atom. The third-order valence-corrected chi connectivity index (χ3v) is 1.33. The van der Waals surface area contributed by atoms with Gasteiger partial charge < -0.3 is 4.90 Å². The van der Waals surface area contributed by atoms with Crippen LogP contribution in [0.3, 0.4) is 0 Å². The van der Waals surface area contributed by atoms with E-state index >= 15 is 0 Å².